The molecule has 120 valence electrons. The normalized spacial score (nSPS) is 14.1. The Hall–Kier alpha value is -2.05. The van der Waals surface area contributed by atoms with Gasteiger partial charge in [-0.25, -0.2) is 8.42 Å². The van der Waals surface area contributed by atoms with Crippen LogP contribution in [-0.4, -0.2) is 33.7 Å². The topological polar surface area (TPSA) is 63.7 Å². The quantitative estimate of drug-likeness (QED) is 0.834. The second kappa shape index (κ2) is 5.86. The number of para-hydroxylation sites is 2. The van der Waals surface area contributed by atoms with E-state index >= 15 is 0 Å². The molecule has 1 heterocycles. The molecule has 23 heavy (non-hydrogen) atoms. The molecular formula is C16H14ClNO4S. The van der Waals surface area contributed by atoms with Crippen LogP contribution in [0.3, 0.4) is 0 Å². The minimum absolute atomic E-state index is 0.0618. The molecule has 0 bridgehead atoms. The summed E-state index contributed by atoms with van der Waals surface area (Å²) in [4.78, 5) is 14.5. The number of rotatable bonds is 2. The Kier molecular flexibility index (Phi) is 4.04. The molecule has 3 rings (SSSR count). The van der Waals surface area contributed by atoms with Crippen molar-refractivity contribution in [3.8, 4) is 5.75 Å². The molecule has 1 aliphatic rings. The summed E-state index contributed by atoms with van der Waals surface area (Å²) in [6, 6.07) is 11.3. The fourth-order valence-corrected chi connectivity index (χ4v) is 3.27. The van der Waals surface area contributed by atoms with Crippen molar-refractivity contribution >= 4 is 33.0 Å². The number of carbonyl (C=O) groups is 1. The predicted molar refractivity (Wildman–Crippen MR) is 88.2 cm³/mol. The van der Waals surface area contributed by atoms with Gasteiger partial charge in [-0.15, -0.1) is 0 Å². The lowest BCUT2D eigenvalue weighted by Gasteiger charge is -2.29. The van der Waals surface area contributed by atoms with E-state index in [0.29, 0.717) is 24.6 Å². The number of halogens is 1. The molecule has 0 saturated heterocycles. The summed E-state index contributed by atoms with van der Waals surface area (Å²) in [5.74, 6) is 0.263. The predicted octanol–water partition coefficient (Wildman–Crippen LogP) is 2.78. The summed E-state index contributed by atoms with van der Waals surface area (Å²) in [6.07, 6.45) is 1.09. The van der Waals surface area contributed by atoms with E-state index in [1.807, 2.05) is 12.1 Å². The minimum Gasteiger partial charge on any atom is -0.490 e. The monoisotopic (exact) mass is 351 g/mol. The van der Waals surface area contributed by atoms with Gasteiger partial charge in [0.05, 0.1) is 27.7 Å². The first-order valence-corrected chi connectivity index (χ1v) is 9.18. The van der Waals surface area contributed by atoms with Crippen molar-refractivity contribution in [1.29, 1.82) is 0 Å². The average molecular weight is 352 g/mol. The van der Waals surface area contributed by atoms with Crippen molar-refractivity contribution in [2.75, 3.05) is 24.3 Å². The van der Waals surface area contributed by atoms with E-state index < -0.39 is 9.84 Å². The number of benzene rings is 2. The Balaban J connectivity index is 2.05. The van der Waals surface area contributed by atoms with E-state index in [4.69, 9.17) is 16.3 Å². The van der Waals surface area contributed by atoms with Gasteiger partial charge in [0.2, 0.25) is 0 Å². The molecule has 0 unspecified atom stereocenters. The van der Waals surface area contributed by atoms with E-state index in [1.54, 1.807) is 17.0 Å². The maximum absolute atomic E-state index is 12.9. The molecule has 7 heteroatoms. The van der Waals surface area contributed by atoms with Gasteiger partial charge in [0.1, 0.15) is 12.4 Å². The van der Waals surface area contributed by atoms with Gasteiger partial charge in [-0.1, -0.05) is 23.7 Å². The van der Waals surface area contributed by atoms with Gasteiger partial charge < -0.3 is 9.64 Å². The molecule has 1 aliphatic heterocycles. The van der Waals surface area contributed by atoms with Crippen molar-refractivity contribution in [3.63, 3.8) is 0 Å². The maximum Gasteiger partial charge on any atom is 0.260 e. The van der Waals surface area contributed by atoms with Crippen molar-refractivity contribution in [2.45, 2.75) is 4.90 Å². The van der Waals surface area contributed by atoms with Crippen LogP contribution in [0.4, 0.5) is 5.69 Å². The van der Waals surface area contributed by atoms with Crippen LogP contribution in [0.25, 0.3) is 0 Å². The third-order valence-corrected chi connectivity index (χ3v) is 5.01. The van der Waals surface area contributed by atoms with Crippen LogP contribution in [0.1, 0.15) is 10.4 Å². The highest BCUT2D eigenvalue weighted by atomic mass is 35.5. The molecule has 5 nitrogen and oxygen atoms in total. The van der Waals surface area contributed by atoms with Crippen LogP contribution in [-0.2, 0) is 9.84 Å². The standard InChI is InChI=1S/C16H14ClNO4S/c1-23(20,21)11-6-7-13(17)12(10-11)16(19)18-8-9-22-15-5-3-2-4-14(15)18/h2-7,10H,8-9H2,1H3. The zero-order valence-electron chi connectivity index (χ0n) is 12.3. The van der Waals surface area contributed by atoms with Gasteiger partial charge in [0, 0.05) is 6.26 Å². The SMILES string of the molecule is CS(=O)(=O)c1ccc(Cl)c(C(=O)N2CCOc3ccccc32)c1. The van der Waals surface area contributed by atoms with Crippen molar-refractivity contribution < 1.29 is 17.9 Å². The Morgan fingerprint density at radius 3 is 2.70 bits per heavy atom. The smallest absolute Gasteiger partial charge is 0.260 e. The molecule has 0 fully saturated rings. The lowest BCUT2D eigenvalue weighted by atomic mass is 10.1. The van der Waals surface area contributed by atoms with E-state index in [9.17, 15) is 13.2 Å². The lowest BCUT2D eigenvalue weighted by Crippen LogP contribution is -2.38. The summed E-state index contributed by atoms with van der Waals surface area (Å²) in [5.41, 5.74) is 0.802. The van der Waals surface area contributed by atoms with Crippen LogP contribution in [0.15, 0.2) is 47.4 Å². The molecule has 0 spiro atoms. The Bertz CT molecular complexity index is 879. The van der Waals surface area contributed by atoms with Crippen LogP contribution in [0, 0.1) is 0 Å². The first kappa shape index (κ1) is 15.8. The number of fused-ring (bicyclic) bond motifs is 1. The van der Waals surface area contributed by atoms with Gasteiger partial charge in [0.15, 0.2) is 9.84 Å². The van der Waals surface area contributed by atoms with E-state index in [0.717, 1.165) is 6.26 Å². The van der Waals surface area contributed by atoms with Gasteiger partial charge >= 0.3 is 0 Å². The molecule has 0 aliphatic carbocycles. The summed E-state index contributed by atoms with van der Waals surface area (Å²) in [7, 11) is -3.42. The Morgan fingerprint density at radius 1 is 1.22 bits per heavy atom. The fourth-order valence-electron chi connectivity index (χ4n) is 2.42. The largest absolute Gasteiger partial charge is 0.490 e. The van der Waals surface area contributed by atoms with E-state index in [1.165, 1.54) is 18.2 Å². The van der Waals surface area contributed by atoms with E-state index in [-0.39, 0.29) is 21.4 Å². The van der Waals surface area contributed by atoms with Gasteiger partial charge in [-0.05, 0) is 30.3 Å². The van der Waals surface area contributed by atoms with Crippen LogP contribution in [0.2, 0.25) is 5.02 Å². The summed E-state index contributed by atoms with van der Waals surface area (Å²) in [5, 5.41) is 0.214. The van der Waals surface area contributed by atoms with E-state index in [2.05, 4.69) is 0 Å². The number of hydrogen-bond acceptors (Lipinski definition) is 4. The van der Waals surface area contributed by atoms with Crippen LogP contribution < -0.4 is 9.64 Å². The summed E-state index contributed by atoms with van der Waals surface area (Å²) in [6.45, 7) is 0.738. The number of nitrogens with zero attached hydrogens (tertiary/aromatic N) is 1. The zero-order valence-corrected chi connectivity index (χ0v) is 13.9. The third kappa shape index (κ3) is 3.04. The molecule has 0 aromatic heterocycles. The van der Waals surface area contributed by atoms with Crippen LogP contribution >= 0.6 is 11.6 Å². The zero-order chi connectivity index (χ0) is 16.6. The minimum atomic E-state index is -3.42. The number of hydrogen-bond donors (Lipinski definition) is 0. The van der Waals surface area contributed by atoms with Gasteiger partial charge in [0.25, 0.3) is 5.91 Å². The van der Waals surface area contributed by atoms with Crippen molar-refractivity contribution in [1.82, 2.24) is 0 Å². The fraction of sp³-hybridized carbons (Fsp3) is 0.188. The first-order valence-electron chi connectivity index (χ1n) is 6.91. The number of carbonyl (C=O) groups excluding carboxylic acids is 1. The number of sulfone groups is 1. The highest BCUT2D eigenvalue weighted by Crippen LogP contribution is 2.33. The molecule has 0 atom stereocenters. The maximum atomic E-state index is 12.9. The Labute approximate surface area is 139 Å². The lowest BCUT2D eigenvalue weighted by molar-refractivity contribution is 0.0976. The van der Waals surface area contributed by atoms with Crippen LogP contribution in [0.5, 0.6) is 5.75 Å². The molecule has 0 saturated carbocycles. The second-order valence-electron chi connectivity index (χ2n) is 5.19. The van der Waals surface area contributed by atoms with Crippen molar-refractivity contribution in [3.05, 3.63) is 53.1 Å². The third-order valence-electron chi connectivity index (χ3n) is 3.57. The number of anilines is 1. The highest BCUT2D eigenvalue weighted by Gasteiger charge is 2.26. The highest BCUT2D eigenvalue weighted by molar-refractivity contribution is 7.90. The number of ether oxygens (including phenoxy) is 1. The molecule has 1 amide bonds. The molecule has 0 N–H and O–H groups in total. The first-order chi connectivity index (χ1) is 10.9. The molecular weight excluding hydrogens is 338 g/mol. The van der Waals surface area contributed by atoms with Crippen molar-refractivity contribution in [2.24, 2.45) is 0 Å². The second-order valence-corrected chi connectivity index (χ2v) is 7.61. The van der Waals surface area contributed by atoms with Gasteiger partial charge in [-0.3, -0.25) is 4.79 Å². The summed E-state index contributed by atoms with van der Waals surface area (Å²) < 4.78 is 28.9. The molecule has 2 aromatic carbocycles. The van der Waals surface area contributed by atoms with Gasteiger partial charge in [-0.2, -0.15) is 0 Å². The average Bonchev–Trinajstić information content (AvgIpc) is 2.53. The summed E-state index contributed by atoms with van der Waals surface area (Å²) >= 11 is 6.11. The Morgan fingerprint density at radius 2 is 1.96 bits per heavy atom. The number of amides is 1. The molecule has 0 radical (unpaired) electrons. The molecule has 2 aromatic rings.